The first-order chi connectivity index (χ1) is 12.6. The van der Waals surface area contributed by atoms with E-state index < -0.39 is 0 Å². The van der Waals surface area contributed by atoms with Crippen molar-refractivity contribution in [3.63, 3.8) is 0 Å². The van der Waals surface area contributed by atoms with Crippen LogP contribution in [0.2, 0.25) is 5.02 Å². The molecule has 26 heavy (non-hydrogen) atoms. The molecule has 2 aromatic carbocycles. The van der Waals surface area contributed by atoms with Crippen molar-refractivity contribution >= 4 is 29.0 Å². The zero-order chi connectivity index (χ0) is 18.5. The van der Waals surface area contributed by atoms with Crippen LogP contribution >= 0.6 is 11.6 Å². The topological polar surface area (TPSA) is 49.4 Å². The summed E-state index contributed by atoms with van der Waals surface area (Å²) in [6, 6.07) is 13.8. The SMILES string of the molecule is CC(C(=O)Nc1ccc(Cl)cc1C(=O)c1ccccc1)N1CCCCC1. The van der Waals surface area contributed by atoms with Crippen molar-refractivity contribution in [3.05, 3.63) is 64.7 Å². The van der Waals surface area contributed by atoms with Crippen LogP contribution in [-0.2, 0) is 4.79 Å². The first kappa shape index (κ1) is 18.6. The summed E-state index contributed by atoms with van der Waals surface area (Å²) in [5, 5.41) is 3.39. The smallest absolute Gasteiger partial charge is 0.241 e. The van der Waals surface area contributed by atoms with Gasteiger partial charge in [-0.15, -0.1) is 0 Å². The fourth-order valence-corrected chi connectivity index (χ4v) is 3.44. The van der Waals surface area contributed by atoms with Gasteiger partial charge in [-0.1, -0.05) is 48.4 Å². The van der Waals surface area contributed by atoms with Gasteiger partial charge in [0.25, 0.3) is 0 Å². The Morgan fingerprint density at radius 2 is 1.73 bits per heavy atom. The molecule has 136 valence electrons. The quantitative estimate of drug-likeness (QED) is 0.794. The van der Waals surface area contributed by atoms with E-state index in [0.717, 1.165) is 25.9 Å². The zero-order valence-corrected chi connectivity index (χ0v) is 15.6. The minimum Gasteiger partial charge on any atom is -0.324 e. The molecule has 1 atom stereocenters. The summed E-state index contributed by atoms with van der Waals surface area (Å²) in [6.07, 6.45) is 3.46. The predicted octanol–water partition coefficient (Wildman–Crippen LogP) is 4.38. The molecule has 0 radical (unpaired) electrons. The van der Waals surface area contributed by atoms with E-state index >= 15 is 0 Å². The van der Waals surface area contributed by atoms with Gasteiger partial charge in [-0.05, 0) is 51.1 Å². The minimum absolute atomic E-state index is 0.101. The lowest BCUT2D eigenvalue weighted by atomic mass is 10.0. The number of amides is 1. The van der Waals surface area contributed by atoms with Crippen LogP contribution in [0.5, 0.6) is 0 Å². The van der Waals surface area contributed by atoms with Gasteiger partial charge in [0.05, 0.1) is 11.7 Å². The monoisotopic (exact) mass is 370 g/mol. The number of rotatable bonds is 5. The molecule has 1 heterocycles. The Kier molecular flexibility index (Phi) is 6.07. The van der Waals surface area contributed by atoms with Gasteiger partial charge in [0.15, 0.2) is 5.78 Å². The molecule has 1 unspecified atom stereocenters. The number of ketones is 1. The van der Waals surface area contributed by atoms with Crippen molar-refractivity contribution in [2.24, 2.45) is 0 Å². The van der Waals surface area contributed by atoms with Crippen LogP contribution in [0.15, 0.2) is 48.5 Å². The van der Waals surface area contributed by atoms with Gasteiger partial charge in [-0.3, -0.25) is 14.5 Å². The third kappa shape index (κ3) is 4.32. The normalized spacial score (nSPS) is 16.1. The number of piperidine rings is 1. The van der Waals surface area contributed by atoms with E-state index in [0.29, 0.717) is 21.8 Å². The highest BCUT2D eigenvalue weighted by atomic mass is 35.5. The molecule has 1 saturated heterocycles. The Labute approximate surface area is 159 Å². The molecule has 1 N–H and O–H groups in total. The van der Waals surface area contributed by atoms with Crippen LogP contribution in [0.4, 0.5) is 5.69 Å². The number of nitrogens with zero attached hydrogens (tertiary/aromatic N) is 1. The van der Waals surface area contributed by atoms with Crippen molar-refractivity contribution < 1.29 is 9.59 Å². The maximum atomic E-state index is 12.9. The lowest BCUT2D eigenvalue weighted by Gasteiger charge is -2.31. The van der Waals surface area contributed by atoms with Gasteiger partial charge in [0.1, 0.15) is 0 Å². The standard InChI is InChI=1S/C21H23ClN2O2/c1-15(24-12-6-3-7-13-24)21(26)23-19-11-10-17(22)14-18(19)20(25)16-8-4-2-5-9-16/h2,4-5,8-11,14-15H,3,6-7,12-13H2,1H3,(H,23,26). The number of carbonyl (C=O) groups excluding carboxylic acids is 2. The van der Waals surface area contributed by atoms with Crippen molar-refractivity contribution in [1.82, 2.24) is 4.90 Å². The Bertz CT molecular complexity index is 786. The summed E-state index contributed by atoms with van der Waals surface area (Å²) >= 11 is 6.10. The summed E-state index contributed by atoms with van der Waals surface area (Å²) in [4.78, 5) is 27.8. The van der Waals surface area contributed by atoms with Gasteiger partial charge in [0.2, 0.25) is 5.91 Å². The third-order valence-electron chi connectivity index (χ3n) is 4.84. The van der Waals surface area contributed by atoms with Gasteiger partial charge in [-0.25, -0.2) is 0 Å². The molecule has 0 spiro atoms. The van der Waals surface area contributed by atoms with E-state index in [9.17, 15) is 9.59 Å². The van der Waals surface area contributed by atoms with Crippen LogP contribution in [0.1, 0.15) is 42.1 Å². The van der Waals surface area contributed by atoms with Crippen molar-refractivity contribution in [2.45, 2.75) is 32.2 Å². The average molecular weight is 371 g/mol. The second kappa shape index (κ2) is 8.47. The molecule has 0 bridgehead atoms. The minimum atomic E-state index is -0.231. The number of likely N-dealkylation sites (tertiary alicyclic amines) is 1. The molecule has 2 aromatic rings. The number of hydrogen-bond acceptors (Lipinski definition) is 3. The van der Waals surface area contributed by atoms with Gasteiger partial charge >= 0.3 is 0 Å². The Morgan fingerprint density at radius 3 is 2.42 bits per heavy atom. The fraction of sp³-hybridized carbons (Fsp3) is 0.333. The zero-order valence-electron chi connectivity index (χ0n) is 14.9. The fourth-order valence-electron chi connectivity index (χ4n) is 3.27. The van der Waals surface area contributed by atoms with E-state index in [1.807, 2.05) is 25.1 Å². The molecule has 1 fully saturated rings. The second-order valence-corrected chi connectivity index (χ2v) is 7.08. The lowest BCUT2D eigenvalue weighted by Crippen LogP contribution is -2.44. The van der Waals surface area contributed by atoms with Crippen LogP contribution in [0.3, 0.4) is 0 Å². The molecule has 4 nitrogen and oxygen atoms in total. The summed E-state index contributed by atoms with van der Waals surface area (Å²) in [7, 11) is 0. The van der Waals surface area contributed by atoms with Gasteiger partial charge < -0.3 is 5.32 Å². The molecule has 0 saturated carbocycles. The summed E-state index contributed by atoms with van der Waals surface area (Å²) in [5.74, 6) is -0.259. The van der Waals surface area contributed by atoms with Gasteiger partial charge in [-0.2, -0.15) is 0 Å². The number of hydrogen-bond donors (Lipinski definition) is 1. The third-order valence-corrected chi connectivity index (χ3v) is 5.07. The number of nitrogens with one attached hydrogen (secondary N) is 1. The molecule has 1 aliphatic heterocycles. The Hall–Kier alpha value is -2.17. The number of halogens is 1. The second-order valence-electron chi connectivity index (χ2n) is 6.65. The maximum absolute atomic E-state index is 12.9. The van der Waals surface area contributed by atoms with Crippen molar-refractivity contribution in [3.8, 4) is 0 Å². The van der Waals surface area contributed by atoms with Crippen LogP contribution in [-0.4, -0.2) is 35.7 Å². The summed E-state index contributed by atoms with van der Waals surface area (Å²) in [6.45, 7) is 3.78. The molecular formula is C21H23ClN2O2. The molecule has 5 heteroatoms. The maximum Gasteiger partial charge on any atom is 0.241 e. The van der Waals surface area contributed by atoms with E-state index in [4.69, 9.17) is 11.6 Å². The summed E-state index contributed by atoms with van der Waals surface area (Å²) < 4.78 is 0. The summed E-state index contributed by atoms with van der Waals surface area (Å²) in [5.41, 5.74) is 1.47. The largest absolute Gasteiger partial charge is 0.324 e. The molecule has 0 aliphatic carbocycles. The molecule has 1 aliphatic rings. The Morgan fingerprint density at radius 1 is 1.04 bits per heavy atom. The van der Waals surface area contributed by atoms with Crippen LogP contribution in [0.25, 0.3) is 0 Å². The van der Waals surface area contributed by atoms with Crippen LogP contribution < -0.4 is 5.32 Å². The van der Waals surface area contributed by atoms with Crippen molar-refractivity contribution in [2.75, 3.05) is 18.4 Å². The highest BCUT2D eigenvalue weighted by Gasteiger charge is 2.24. The average Bonchev–Trinajstić information content (AvgIpc) is 2.69. The van der Waals surface area contributed by atoms with E-state index in [2.05, 4.69) is 10.2 Å². The predicted molar refractivity (Wildman–Crippen MR) is 105 cm³/mol. The van der Waals surface area contributed by atoms with Crippen LogP contribution in [0, 0.1) is 0 Å². The molecular weight excluding hydrogens is 348 g/mol. The van der Waals surface area contributed by atoms with E-state index in [-0.39, 0.29) is 17.7 Å². The first-order valence-corrected chi connectivity index (χ1v) is 9.38. The highest BCUT2D eigenvalue weighted by molar-refractivity contribution is 6.31. The number of benzene rings is 2. The molecule has 0 aromatic heterocycles. The number of carbonyl (C=O) groups is 2. The van der Waals surface area contributed by atoms with E-state index in [1.54, 1.807) is 30.3 Å². The Balaban J connectivity index is 1.81. The van der Waals surface area contributed by atoms with Crippen molar-refractivity contribution in [1.29, 1.82) is 0 Å². The highest BCUT2D eigenvalue weighted by Crippen LogP contribution is 2.24. The first-order valence-electron chi connectivity index (χ1n) is 9.00. The number of anilines is 1. The molecule has 1 amide bonds. The molecule has 3 rings (SSSR count). The van der Waals surface area contributed by atoms with Gasteiger partial charge in [0, 0.05) is 16.1 Å². The lowest BCUT2D eigenvalue weighted by molar-refractivity contribution is -0.121. The van der Waals surface area contributed by atoms with E-state index in [1.165, 1.54) is 6.42 Å².